The molecule has 0 saturated heterocycles. The normalized spacial score (nSPS) is 10.2. The standard InChI is InChI=1S/C15H15N3O4S/c1-9-4-3-5-10(2)14(9)17-12(19)8-16-15(20)11-6-7-13(23-11)18(21)22/h3-7H,8H2,1-2H3,(H,16,20)(H,17,19). The Morgan fingerprint density at radius 2 is 1.83 bits per heavy atom. The van der Waals surface area contributed by atoms with Gasteiger partial charge in [-0.05, 0) is 31.0 Å². The number of thiophene rings is 1. The second kappa shape index (κ2) is 7.01. The summed E-state index contributed by atoms with van der Waals surface area (Å²) >= 11 is 0.767. The highest BCUT2D eigenvalue weighted by Crippen LogP contribution is 2.23. The number of nitro groups is 1. The number of carbonyl (C=O) groups excluding carboxylic acids is 2. The average Bonchev–Trinajstić information content (AvgIpc) is 2.99. The van der Waals surface area contributed by atoms with Gasteiger partial charge in [-0.3, -0.25) is 19.7 Å². The van der Waals surface area contributed by atoms with Gasteiger partial charge in [-0.25, -0.2) is 0 Å². The lowest BCUT2D eigenvalue weighted by molar-refractivity contribution is -0.380. The van der Waals surface area contributed by atoms with Gasteiger partial charge in [-0.2, -0.15) is 0 Å². The second-order valence-corrected chi connectivity index (χ2v) is 5.95. The van der Waals surface area contributed by atoms with Crippen molar-refractivity contribution in [1.29, 1.82) is 0 Å². The highest BCUT2D eigenvalue weighted by Gasteiger charge is 2.16. The zero-order valence-electron chi connectivity index (χ0n) is 12.6. The van der Waals surface area contributed by atoms with E-state index in [1.54, 1.807) is 0 Å². The Hall–Kier alpha value is -2.74. The van der Waals surface area contributed by atoms with Crippen molar-refractivity contribution in [3.05, 3.63) is 56.5 Å². The Labute approximate surface area is 136 Å². The fraction of sp³-hybridized carbons (Fsp3) is 0.200. The van der Waals surface area contributed by atoms with E-state index in [-0.39, 0.29) is 22.3 Å². The molecule has 23 heavy (non-hydrogen) atoms. The van der Waals surface area contributed by atoms with Gasteiger partial charge in [0.2, 0.25) is 5.91 Å². The third-order valence-corrected chi connectivity index (χ3v) is 4.19. The lowest BCUT2D eigenvalue weighted by atomic mass is 10.1. The van der Waals surface area contributed by atoms with Crippen molar-refractivity contribution in [3.63, 3.8) is 0 Å². The largest absolute Gasteiger partial charge is 0.342 e. The van der Waals surface area contributed by atoms with Crippen LogP contribution in [0.4, 0.5) is 10.7 Å². The molecule has 2 aromatic rings. The first-order valence-corrected chi connectivity index (χ1v) is 7.58. The van der Waals surface area contributed by atoms with E-state index in [9.17, 15) is 19.7 Å². The summed E-state index contributed by atoms with van der Waals surface area (Å²) < 4.78 is 0. The lowest BCUT2D eigenvalue weighted by Crippen LogP contribution is -2.32. The predicted octanol–water partition coefficient (Wildman–Crippen LogP) is 2.64. The van der Waals surface area contributed by atoms with Crippen LogP contribution in [-0.4, -0.2) is 23.3 Å². The number of hydrogen-bond donors (Lipinski definition) is 2. The molecule has 0 aliphatic carbocycles. The maximum atomic E-state index is 11.9. The first-order chi connectivity index (χ1) is 10.9. The van der Waals surface area contributed by atoms with E-state index in [1.807, 2.05) is 32.0 Å². The fourth-order valence-electron chi connectivity index (χ4n) is 1.99. The van der Waals surface area contributed by atoms with Gasteiger partial charge in [-0.15, -0.1) is 0 Å². The zero-order chi connectivity index (χ0) is 17.0. The molecule has 0 bridgehead atoms. The van der Waals surface area contributed by atoms with E-state index in [0.717, 1.165) is 28.2 Å². The minimum atomic E-state index is -0.560. The second-order valence-electron chi connectivity index (χ2n) is 4.89. The van der Waals surface area contributed by atoms with E-state index in [2.05, 4.69) is 10.6 Å². The van der Waals surface area contributed by atoms with Crippen LogP contribution in [0.5, 0.6) is 0 Å². The summed E-state index contributed by atoms with van der Waals surface area (Å²) in [6, 6.07) is 8.28. The molecule has 1 heterocycles. The number of hydrogen-bond acceptors (Lipinski definition) is 5. The summed E-state index contributed by atoms with van der Waals surface area (Å²) in [5.74, 6) is -0.874. The topological polar surface area (TPSA) is 101 Å². The molecule has 7 nitrogen and oxygen atoms in total. The van der Waals surface area contributed by atoms with Crippen LogP contribution in [0.2, 0.25) is 0 Å². The Bertz CT molecular complexity index is 750. The molecule has 120 valence electrons. The number of benzene rings is 1. The molecule has 1 aromatic heterocycles. The van der Waals surface area contributed by atoms with Gasteiger partial charge in [0, 0.05) is 11.8 Å². The molecule has 0 saturated carbocycles. The summed E-state index contributed by atoms with van der Waals surface area (Å²) in [4.78, 5) is 34.0. The number of aryl methyl sites for hydroxylation is 2. The van der Waals surface area contributed by atoms with Crippen molar-refractivity contribution in [2.75, 3.05) is 11.9 Å². The molecular weight excluding hydrogens is 318 g/mol. The highest BCUT2D eigenvalue weighted by atomic mass is 32.1. The number of nitrogens with one attached hydrogen (secondary N) is 2. The molecule has 2 N–H and O–H groups in total. The van der Waals surface area contributed by atoms with Crippen molar-refractivity contribution >= 4 is 33.8 Å². The molecule has 1 aromatic carbocycles. The van der Waals surface area contributed by atoms with Crippen molar-refractivity contribution in [1.82, 2.24) is 5.32 Å². The Morgan fingerprint density at radius 3 is 2.39 bits per heavy atom. The lowest BCUT2D eigenvalue weighted by Gasteiger charge is -2.11. The van der Waals surface area contributed by atoms with Gasteiger partial charge in [-0.1, -0.05) is 29.5 Å². The summed E-state index contributed by atoms with van der Waals surface area (Å²) in [5, 5.41) is 15.7. The third kappa shape index (κ3) is 4.13. The highest BCUT2D eigenvalue weighted by molar-refractivity contribution is 7.17. The van der Waals surface area contributed by atoms with Crippen LogP contribution >= 0.6 is 11.3 Å². The molecule has 0 aliphatic heterocycles. The van der Waals surface area contributed by atoms with Gasteiger partial charge < -0.3 is 10.6 Å². The van der Waals surface area contributed by atoms with E-state index < -0.39 is 10.8 Å². The minimum Gasteiger partial charge on any atom is -0.342 e. The molecule has 2 amide bonds. The van der Waals surface area contributed by atoms with Crippen LogP contribution in [0.1, 0.15) is 20.8 Å². The summed E-state index contributed by atoms with van der Waals surface area (Å²) in [7, 11) is 0. The van der Waals surface area contributed by atoms with Crippen molar-refractivity contribution in [2.24, 2.45) is 0 Å². The summed E-state index contributed by atoms with van der Waals surface area (Å²) in [6.07, 6.45) is 0. The van der Waals surface area contributed by atoms with Crippen LogP contribution in [0.15, 0.2) is 30.3 Å². The molecule has 0 radical (unpaired) electrons. The number of rotatable bonds is 5. The van der Waals surface area contributed by atoms with Crippen molar-refractivity contribution in [3.8, 4) is 0 Å². The predicted molar refractivity (Wildman–Crippen MR) is 87.9 cm³/mol. The van der Waals surface area contributed by atoms with E-state index in [0.29, 0.717) is 0 Å². The monoisotopic (exact) mass is 333 g/mol. The van der Waals surface area contributed by atoms with Gasteiger partial charge in [0.25, 0.3) is 5.91 Å². The zero-order valence-corrected chi connectivity index (χ0v) is 13.4. The van der Waals surface area contributed by atoms with E-state index >= 15 is 0 Å². The molecule has 0 atom stereocenters. The minimum absolute atomic E-state index is 0.116. The van der Waals surface area contributed by atoms with Crippen LogP contribution in [-0.2, 0) is 4.79 Å². The van der Waals surface area contributed by atoms with E-state index in [4.69, 9.17) is 0 Å². The fourth-order valence-corrected chi connectivity index (χ4v) is 2.73. The molecule has 0 spiro atoms. The van der Waals surface area contributed by atoms with Crippen LogP contribution in [0, 0.1) is 24.0 Å². The van der Waals surface area contributed by atoms with Crippen molar-refractivity contribution in [2.45, 2.75) is 13.8 Å². The molecule has 0 fully saturated rings. The molecular formula is C15H15N3O4S. The summed E-state index contributed by atoms with van der Waals surface area (Å²) in [6.45, 7) is 3.55. The number of nitrogens with zero attached hydrogens (tertiary/aromatic N) is 1. The number of carbonyl (C=O) groups is 2. The first kappa shape index (κ1) is 16.6. The average molecular weight is 333 g/mol. The van der Waals surface area contributed by atoms with Crippen LogP contribution < -0.4 is 10.6 Å². The number of anilines is 1. The van der Waals surface area contributed by atoms with Crippen LogP contribution in [0.25, 0.3) is 0 Å². The SMILES string of the molecule is Cc1cccc(C)c1NC(=O)CNC(=O)c1ccc([N+](=O)[O-])s1. The van der Waals surface area contributed by atoms with E-state index in [1.165, 1.54) is 12.1 Å². The first-order valence-electron chi connectivity index (χ1n) is 6.77. The van der Waals surface area contributed by atoms with Crippen LogP contribution in [0.3, 0.4) is 0 Å². The number of amides is 2. The van der Waals surface area contributed by atoms with Gasteiger partial charge in [0.15, 0.2) is 0 Å². The summed E-state index contributed by atoms with van der Waals surface area (Å²) in [5.41, 5.74) is 2.58. The smallest absolute Gasteiger partial charge is 0.324 e. The Kier molecular flexibility index (Phi) is 5.07. The Morgan fingerprint density at radius 1 is 1.17 bits per heavy atom. The molecule has 0 unspecified atom stereocenters. The molecule has 2 rings (SSSR count). The van der Waals surface area contributed by atoms with Gasteiger partial charge in [0.1, 0.15) is 0 Å². The Balaban J connectivity index is 1.93. The quantitative estimate of drug-likeness (QED) is 0.648. The van der Waals surface area contributed by atoms with Gasteiger partial charge >= 0.3 is 5.00 Å². The van der Waals surface area contributed by atoms with Crippen molar-refractivity contribution < 1.29 is 14.5 Å². The third-order valence-electron chi connectivity index (χ3n) is 3.15. The maximum Gasteiger partial charge on any atom is 0.324 e. The van der Waals surface area contributed by atoms with Gasteiger partial charge in [0.05, 0.1) is 16.3 Å². The molecule has 8 heteroatoms. The number of para-hydroxylation sites is 1. The molecule has 0 aliphatic rings. The maximum absolute atomic E-state index is 11.9.